The van der Waals surface area contributed by atoms with Gasteiger partial charge in [0, 0.05) is 12.1 Å². The van der Waals surface area contributed by atoms with E-state index in [4.69, 9.17) is 10.5 Å². The topological polar surface area (TPSA) is 35.2 Å². The maximum absolute atomic E-state index is 13.5. The van der Waals surface area contributed by atoms with Crippen molar-refractivity contribution >= 4 is 0 Å². The summed E-state index contributed by atoms with van der Waals surface area (Å²) in [5.74, 6) is 0.447. The fourth-order valence-electron chi connectivity index (χ4n) is 1.57. The first kappa shape index (κ1) is 11.6. The van der Waals surface area contributed by atoms with E-state index >= 15 is 0 Å². The summed E-state index contributed by atoms with van der Waals surface area (Å²) in [5, 5.41) is 0. The Balaban J connectivity index is 2.35. The number of halogens is 1. The molecule has 0 amide bonds. The number of benzene rings is 2. The number of hydrogen-bond donors (Lipinski definition) is 1. The van der Waals surface area contributed by atoms with Crippen LogP contribution in [-0.2, 0) is 6.54 Å². The fraction of sp³-hybridized carbons (Fsp3) is 0.143. The highest BCUT2D eigenvalue weighted by Gasteiger charge is 2.07. The molecule has 0 unspecified atom stereocenters. The van der Waals surface area contributed by atoms with E-state index in [0.29, 0.717) is 12.3 Å². The molecule has 0 aliphatic carbocycles. The van der Waals surface area contributed by atoms with Gasteiger partial charge in [0.05, 0.1) is 0 Å². The number of nitrogens with two attached hydrogens (primary N) is 1. The zero-order valence-corrected chi connectivity index (χ0v) is 9.61. The molecule has 0 saturated heterocycles. The van der Waals surface area contributed by atoms with Gasteiger partial charge >= 0.3 is 0 Å². The van der Waals surface area contributed by atoms with Gasteiger partial charge in [-0.05, 0) is 30.7 Å². The van der Waals surface area contributed by atoms with Crippen LogP contribution < -0.4 is 10.5 Å². The SMILES string of the molecule is Cc1ccc(CN)c(Oc2ccccc2F)c1. The minimum atomic E-state index is -0.378. The van der Waals surface area contributed by atoms with Gasteiger partial charge in [-0.25, -0.2) is 4.39 Å². The molecule has 0 fully saturated rings. The molecule has 2 aromatic rings. The minimum absolute atomic E-state index is 0.216. The molecule has 0 radical (unpaired) electrons. The van der Waals surface area contributed by atoms with E-state index < -0.39 is 0 Å². The third-order valence-corrected chi connectivity index (χ3v) is 2.50. The van der Waals surface area contributed by atoms with E-state index in [0.717, 1.165) is 11.1 Å². The van der Waals surface area contributed by atoms with Crippen LogP contribution in [0.25, 0.3) is 0 Å². The highest BCUT2D eigenvalue weighted by atomic mass is 19.1. The van der Waals surface area contributed by atoms with Crippen molar-refractivity contribution in [1.29, 1.82) is 0 Å². The lowest BCUT2D eigenvalue weighted by Crippen LogP contribution is -2.00. The molecule has 88 valence electrons. The van der Waals surface area contributed by atoms with E-state index in [2.05, 4.69) is 0 Å². The standard InChI is InChI=1S/C14H14FNO/c1-10-6-7-11(9-16)14(8-10)17-13-5-3-2-4-12(13)15/h2-8H,9,16H2,1H3. The van der Waals surface area contributed by atoms with E-state index in [1.165, 1.54) is 6.07 Å². The van der Waals surface area contributed by atoms with Crippen molar-refractivity contribution in [2.45, 2.75) is 13.5 Å². The van der Waals surface area contributed by atoms with E-state index in [-0.39, 0.29) is 11.6 Å². The maximum atomic E-state index is 13.5. The number of rotatable bonds is 3. The lowest BCUT2D eigenvalue weighted by atomic mass is 10.1. The van der Waals surface area contributed by atoms with Gasteiger partial charge in [0.15, 0.2) is 11.6 Å². The van der Waals surface area contributed by atoms with Gasteiger partial charge in [-0.3, -0.25) is 0 Å². The molecule has 0 aromatic heterocycles. The minimum Gasteiger partial charge on any atom is -0.454 e. The van der Waals surface area contributed by atoms with E-state index in [1.807, 2.05) is 25.1 Å². The first-order chi connectivity index (χ1) is 8.20. The van der Waals surface area contributed by atoms with Crippen molar-refractivity contribution in [3.05, 3.63) is 59.4 Å². The fourth-order valence-corrected chi connectivity index (χ4v) is 1.57. The average molecular weight is 231 g/mol. The van der Waals surface area contributed by atoms with Crippen LogP contribution in [0.3, 0.4) is 0 Å². The lowest BCUT2D eigenvalue weighted by molar-refractivity contribution is 0.437. The average Bonchev–Trinajstić information content (AvgIpc) is 2.32. The molecular weight excluding hydrogens is 217 g/mol. The van der Waals surface area contributed by atoms with Crippen LogP contribution in [0, 0.1) is 12.7 Å². The number of aryl methyl sites for hydroxylation is 1. The molecule has 0 atom stereocenters. The quantitative estimate of drug-likeness (QED) is 0.878. The molecule has 0 aliphatic heterocycles. The highest BCUT2D eigenvalue weighted by molar-refractivity contribution is 5.40. The summed E-state index contributed by atoms with van der Waals surface area (Å²) in [5.41, 5.74) is 7.53. The molecule has 0 aliphatic rings. The van der Waals surface area contributed by atoms with E-state index in [9.17, 15) is 4.39 Å². The smallest absolute Gasteiger partial charge is 0.165 e. The van der Waals surface area contributed by atoms with Crippen molar-refractivity contribution in [1.82, 2.24) is 0 Å². The van der Waals surface area contributed by atoms with Gasteiger partial charge in [-0.15, -0.1) is 0 Å². The molecule has 0 bridgehead atoms. The van der Waals surface area contributed by atoms with Crippen LogP contribution in [0.4, 0.5) is 4.39 Å². The summed E-state index contributed by atoms with van der Waals surface area (Å²) in [6.07, 6.45) is 0. The van der Waals surface area contributed by atoms with Crippen LogP contribution in [0.5, 0.6) is 11.5 Å². The van der Waals surface area contributed by atoms with Crippen LogP contribution in [-0.4, -0.2) is 0 Å². The van der Waals surface area contributed by atoms with Gasteiger partial charge in [0.25, 0.3) is 0 Å². The molecule has 0 heterocycles. The van der Waals surface area contributed by atoms with Crippen LogP contribution >= 0.6 is 0 Å². The zero-order valence-electron chi connectivity index (χ0n) is 9.61. The molecule has 0 saturated carbocycles. The van der Waals surface area contributed by atoms with Crippen molar-refractivity contribution < 1.29 is 9.13 Å². The van der Waals surface area contributed by atoms with Gasteiger partial charge in [-0.2, -0.15) is 0 Å². The Hall–Kier alpha value is -1.87. The molecule has 2 nitrogen and oxygen atoms in total. The Bertz CT molecular complexity index is 525. The summed E-state index contributed by atoms with van der Waals surface area (Å²) in [6, 6.07) is 12.0. The highest BCUT2D eigenvalue weighted by Crippen LogP contribution is 2.27. The summed E-state index contributed by atoms with van der Waals surface area (Å²) in [6.45, 7) is 2.32. The van der Waals surface area contributed by atoms with Gasteiger partial charge < -0.3 is 10.5 Å². The van der Waals surface area contributed by atoms with Crippen LogP contribution in [0.2, 0.25) is 0 Å². The molecule has 2 N–H and O–H groups in total. The van der Waals surface area contributed by atoms with Crippen molar-refractivity contribution in [2.75, 3.05) is 0 Å². The van der Waals surface area contributed by atoms with Crippen molar-refractivity contribution in [2.24, 2.45) is 5.73 Å². The molecule has 0 spiro atoms. The Morgan fingerprint density at radius 2 is 1.88 bits per heavy atom. The largest absolute Gasteiger partial charge is 0.454 e. The molecule has 3 heteroatoms. The molecular formula is C14H14FNO. The zero-order chi connectivity index (χ0) is 12.3. The monoisotopic (exact) mass is 231 g/mol. The van der Waals surface area contributed by atoms with Crippen molar-refractivity contribution in [3.63, 3.8) is 0 Å². The Morgan fingerprint density at radius 3 is 2.59 bits per heavy atom. The third-order valence-electron chi connectivity index (χ3n) is 2.50. The van der Waals surface area contributed by atoms with Gasteiger partial charge in [0.1, 0.15) is 5.75 Å². The lowest BCUT2D eigenvalue weighted by Gasteiger charge is -2.11. The van der Waals surface area contributed by atoms with Crippen LogP contribution in [0.15, 0.2) is 42.5 Å². The Labute approximate surface area is 99.8 Å². The van der Waals surface area contributed by atoms with Crippen molar-refractivity contribution in [3.8, 4) is 11.5 Å². The Kier molecular flexibility index (Phi) is 3.40. The normalized spacial score (nSPS) is 10.3. The maximum Gasteiger partial charge on any atom is 0.165 e. The summed E-state index contributed by atoms with van der Waals surface area (Å²) >= 11 is 0. The summed E-state index contributed by atoms with van der Waals surface area (Å²) in [7, 11) is 0. The second-order valence-electron chi connectivity index (χ2n) is 3.85. The molecule has 2 rings (SSSR count). The number of ether oxygens (including phenoxy) is 1. The summed E-state index contributed by atoms with van der Waals surface area (Å²) < 4.78 is 19.0. The Morgan fingerprint density at radius 1 is 1.12 bits per heavy atom. The second kappa shape index (κ2) is 4.97. The first-order valence-electron chi connectivity index (χ1n) is 5.42. The second-order valence-corrected chi connectivity index (χ2v) is 3.85. The first-order valence-corrected chi connectivity index (χ1v) is 5.42. The molecule has 2 aromatic carbocycles. The number of para-hydroxylation sites is 1. The third kappa shape index (κ3) is 2.63. The van der Waals surface area contributed by atoms with Gasteiger partial charge in [-0.1, -0.05) is 24.3 Å². The predicted molar refractivity (Wildman–Crippen MR) is 65.5 cm³/mol. The van der Waals surface area contributed by atoms with E-state index in [1.54, 1.807) is 18.2 Å². The number of hydrogen-bond acceptors (Lipinski definition) is 2. The molecule has 17 heavy (non-hydrogen) atoms. The van der Waals surface area contributed by atoms with Gasteiger partial charge in [0.2, 0.25) is 0 Å². The predicted octanol–water partition coefficient (Wildman–Crippen LogP) is 3.39. The summed E-state index contributed by atoms with van der Waals surface area (Å²) in [4.78, 5) is 0. The van der Waals surface area contributed by atoms with Crippen LogP contribution in [0.1, 0.15) is 11.1 Å².